The maximum Gasteiger partial charge on any atom is 0.480 e. The van der Waals surface area contributed by atoms with E-state index in [4.69, 9.17) is 0 Å². The van der Waals surface area contributed by atoms with E-state index in [2.05, 4.69) is 0 Å². The molecular formula is C4H8F3N2O4S2-. The van der Waals surface area contributed by atoms with Gasteiger partial charge in [0.15, 0.2) is 10.0 Å². The first-order valence-corrected chi connectivity index (χ1v) is 6.45. The van der Waals surface area contributed by atoms with Gasteiger partial charge in [0.2, 0.25) is 0 Å². The van der Waals surface area contributed by atoms with Crippen molar-refractivity contribution in [1.29, 1.82) is 0 Å². The quantitative estimate of drug-likeness (QED) is 0.784. The first kappa shape index (κ1) is 14.6. The Morgan fingerprint density at radius 2 is 1.67 bits per heavy atom. The van der Waals surface area contributed by atoms with Crippen molar-refractivity contribution >= 4 is 20.2 Å². The fraction of sp³-hybridized carbons (Fsp3) is 1.00. The molecule has 6 nitrogen and oxygen atoms in total. The molecule has 0 atom stereocenters. The maximum atomic E-state index is 11.7. The van der Waals surface area contributed by atoms with Gasteiger partial charge in [-0.1, -0.05) is 6.92 Å². The SMILES string of the molecule is CCCNS(=O)(=O)[N-]S(=O)(=O)C(F)(F)F. The first-order chi connectivity index (χ1) is 6.52. The van der Waals surface area contributed by atoms with Gasteiger partial charge in [-0.25, -0.2) is 21.6 Å². The molecule has 0 saturated carbocycles. The normalized spacial score (nSPS) is 14.1. The van der Waals surface area contributed by atoms with Gasteiger partial charge in [-0.05, 0) is 6.42 Å². The summed E-state index contributed by atoms with van der Waals surface area (Å²) in [7, 11) is -10.8. The van der Waals surface area contributed by atoms with Crippen LogP contribution in [0.2, 0.25) is 0 Å². The number of nitrogens with one attached hydrogen (secondary N) is 1. The third-order valence-corrected chi connectivity index (χ3v) is 3.75. The standard InChI is InChI=1S/C4H8F3N2O4S2/c1-2-3-8-15(12,13)9-14(10,11)4(5,6)7/h8H,2-3H2,1H3/q-1. The summed E-state index contributed by atoms with van der Waals surface area (Å²) in [6, 6.07) is 0. The summed E-state index contributed by atoms with van der Waals surface area (Å²) in [5.74, 6) is 0. The predicted molar refractivity (Wildman–Crippen MR) is 45.5 cm³/mol. The lowest BCUT2D eigenvalue weighted by Gasteiger charge is -2.22. The molecule has 11 heteroatoms. The van der Waals surface area contributed by atoms with E-state index < -0.39 is 25.7 Å². The zero-order valence-corrected chi connectivity index (χ0v) is 9.08. The molecule has 0 saturated heterocycles. The smallest absolute Gasteiger partial charge is 0.415 e. The summed E-state index contributed by atoms with van der Waals surface area (Å²) in [6.07, 6.45) is 0.292. The molecule has 0 aliphatic heterocycles. The minimum atomic E-state index is -6.01. The van der Waals surface area contributed by atoms with Crippen LogP contribution in [0, 0.1) is 0 Å². The lowest BCUT2D eigenvalue weighted by Crippen LogP contribution is -2.30. The molecule has 0 aliphatic rings. The highest BCUT2D eigenvalue weighted by Crippen LogP contribution is 2.29. The van der Waals surface area contributed by atoms with Crippen molar-refractivity contribution in [2.45, 2.75) is 18.9 Å². The van der Waals surface area contributed by atoms with Gasteiger partial charge < -0.3 is 4.13 Å². The minimum Gasteiger partial charge on any atom is -0.415 e. The van der Waals surface area contributed by atoms with Gasteiger partial charge in [0, 0.05) is 6.54 Å². The second-order valence-electron chi connectivity index (χ2n) is 2.36. The van der Waals surface area contributed by atoms with E-state index in [1.165, 1.54) is 0 Å². The fourth-order valence-corrected chi connectivity index (χ4v) is 2.47. The molecule has 0 aromatic rings. The highest BCUT2D eigenvalue weighted by atomic mass is 32.3. The summed E-state index contributed by atoms with van der Waals surface area (Å²) in [4.78, 5) is 0. The van der Waals surface area contributed by atoms with Crippen molar-refractivity contribution in [1.82, 2.24) is 4.72 Å². The molecule has 0 heterocycles. The lowest BCUT2D eigenvalue weighted by atomic mass is 10.5. The van der Waals surface area contributed by atoms with Crippen LogP contribution in [0.15, 0.2) is 0 Å². The molecule has 0 amide bonds. The molecule has 92 valence electrons. The summed E-state index contributed by atoms with van der Waals surface area (Å²) in [6.45, 7) is 1.35. The molecule has 0 spiro atoms. The van der Waals surface area contributed by atoms with Crippen LogP contribution < -0.4 is 4.72 Å². The van der Waals surface area contributed by atoms with Crippen molar-refractivity contribution in [3.05, 3.63) is 4.13 Å². The summed E-state index contributed by atoms with van der Waals surface area (Å²) in [5, 5.41) is 0. The van der Waals surface area contributed by atoms with Gasteiger partial charge in [-0.3, -0.25) is 0 Å². The second kappa shape index (κ2) is 4.63. The van der Waals surface area contributed by atoms with Crippen LogP contribution in [-0.2, 0) is 20.2 Å². The Balaban J connectivity index is 4.76. The molecule has 0 fully saturated rings. The van der Waals surface area contributed by atoms with Gasteiger partial charge in [0.05, 0.1) is 0 Å². The van der Waals surface area contributed by atoms with Crippen LogP contribution in [0.4, 0.5) is 13.2 Å². The van der Waals surface area contributed by atoms with Gasteiger partial charge in [0.1, 0.15) is 10.2 Å². The van der Waals surface area contributed by atoms with Gasteiger partial charge >= 0.3 is 5.51 Å². The Morgan fingerprint density at radius 3 is 2.00 bits per heavy atom. The summed E-state index contributed by atoms with van der Waals surface area (Å²) >= 11 is 0. The lowest BCUT2D eigenvalue weighted by molar-refractivity contribution is -0.0425. The third kappa shape index (κ3) is 4.77. The molecule has 1 N–H and O–H groups in total. The monoisotopic (exact) mass is 269 g/mol. The zero-order valence-electron chi connectivity index (χ0n) is 7.44. The second-order valence-corrected chi connectivity index (χ2v) is 5.61. The van der Waals surface area contributed by atoms with Gasteiger partial charge in [-0.15, -0.1) is 0 Å². The molecule has 0 rings (SSSR count). The average molecular weight is 269 g/mol. The molecule has 0 aromatic heterocycles. The molecule has 0 radical (unpaired) electrons. The average Bonchev–Trinajstić information content (AvgIpc) is 1.96. The van der Waals surface area contributed by atoms with E-state index in [0.29, 0.717) is 6.42 Å². The highest BCUT2D eigenvalue weighted by Gasteiger charge is 2.40. The summed E-state index contributed by atoms with van der Waals surface area (Å²) < 4.78 is 80.5. The van der Waals surface area contributed by atoms with E-state index in [0.717, 1.165) is 0 Å². The maximum absolute atomic E-state index is 11.7. The predicted octanol–water partition coefficient (Wildman–Crippen LogP) is 0.454. The third-order valence-electron chi connectivity index (χ3n) is 1.02. The molecular weight excluding hydrogens is 261 g/mol. The van der Waals surface area contributed by atoms with Gasteiger partial charge in [0.25, 0.3) is 0 Å². The van der Waals surface area contributed by atoms with Crippen molar-refractivity contribution < 1.29 is 30.0 Å². The highest BCUT2D eigenvalue weighted by molar-refractivity contribution is 8.11. The fourth-order valence-electron chi connectivity index (χ4n) is 0.429. The zero-order chi connectivity index (χ0) is 12.3. The van der Waals surface area contributed by atoms with Crippen LogP contribution in [0.3, 0.4) is 0 Å². The van der Waals surface area contributed by atoms with Crippen molar-refractivity contribution in [2.75, 3.05) is 6.54 Å². The number of sulfonamides is 1. The Kier molecular flexibility index (Phi) is 4.51. The molecule has 0 aromatic carbocycles. The van der Waals surface area contributed by atoms with Crippen LogP contribution in [0.5, 0.6) is 0 Å². The van der Waals surface area contributed by atoms with E-state index >= 15 is 0 Å². The first-order valence-electron chi connectivity index (χ1n) is 3.57. The molecule has 15 heavy (non-hydrogen) atoms. The Morgan fingerprint density at radius 1 is 1.20 bits per heavy atom. The topological polar surface area (TPSA) is 94.4 Å². The van der Waals surface area contributed by atoms with Crippen LogP contribution >= 0.6 is 0 Å². The van der Waals surface area contributed by atoms with Gasteiger partial charge in [-0.2, -0.15) is 13.2 Å². The number of rotatable bonds is 5. The number of alkyl halides is 3. The number of hydrogen-bond acceptors (Lipinski definition) is 4. The molecule has 0 bridgehead atoms. The van der Waals surface area contributed by atoms with Crippen LogP contribution in [0.25, 0.3) is 4.13 Å². The Labute approximate surface area is 85.1 Å². The number of halogens is 3. The largest absolute Gasteiger partial charge is 0.480 e. The molecule has 0 unspecified atom stereocenters. The number of nitrogens with zero attached hydrogens (tertiary/aromatic N) is 1. The van der Waals surface area contributed by atoms with Crippen molar-refractivity contribution in [3.8, 4) is 0 Å². The Bertz CT molecular complexity index is 398. The van der Waals surface area contributed by atoms with Crippen molar-refractivity contribution in [3.63, 3.8) is 0 Å². The molecule has 0 aliphatic carbocycles. The number of hydrogen-bond donors (Lipinski definition) is 1. The summed E-state index contributed by atoms with van der Waals surface area (Å²) in [5.41, 5.74) is -5.71. The Hall–Kier alpha value is -0.390. The minimum absolute atomic E-state index is 0.195. The van der Waals surface area contributed by atoms with E-state index in [1.54, 1.807) is 15.8 Å². The van der Waals surface area contributed by atoms with E-state index in [-0.39, 0.29) is 6.54 Å². The van der Waals surface area contributed by atoms with E-state index in [1.807, 2.05) is 0 Å². The van der Waals surface area contributed by atoms with Crippen LogP contribution in [-0.4, -0.2) is 28.9 Å². The van der Waals surface area contributed by atoms with Crippen molar-refractivity contribution in [2.24, 2.45) is 0 Å². The van der Waals surface area contributed by atoms with E-state index in [9.17, 15) is 30.0 Å². The van der Waals surface area contributed by atoms with Crippen LogP contribution in [0.1, 0.15) is 13.3 Å².